The first-order chi connectivity index (χ1) is 7.06. The second kappa shape index (κ2) is 4.42. The van der Waals surface area contributed by atoms with Gasteiger partial charge < -0.3 is 0 Å². The number of aromatic nitrogens is 4. The number of nitrogens with zero attached hydrogens (tertiary/aromatic N) is 4. The molecule has 2 aromatic heterocycles. The van der Waals surface area contributed by atoms with Crippen LogP contribution in [0.1, 0.15) is 0 Å². The van der Waals surface area contributed by atoms with Crippen LogP contribution in [0.15, 0.2) is 4.79 Å². The molecule has 0 amide bonds. The molecule has 0 spiro atoms. The second-order valence-corrected chi connectivity index (χ2v) is 6.13. The molecule has 0 aromatic carbocycles. The number of halogens is 3. The molecule has 1 unspecified atom stereocenters. The van der Waals surface area contributed by atoms with Gasteiger partial charge in [0, 0.05) is 7.05 Å². The lowest BCUT2D eigenvalue weighted by Crippen LogP contribution is -2.18. The van der Waals surface area contributed by atoms with Gasteiger partial charge in [0.25, 0.3) is 5.56 Å². The van der Waals surface area contributed by atoms with Gasteiger partial charge in [-0.2, -0.15) is 10.1 Å². The van der Waals surface area contributed by atoms with E-state index in [0.29, 0.717) is 21.1 Å². The fourth-order valence-corrected chi connectivity index (χ4v) is 3.58. The molecule has 15 heavy (non-hydrogen) atoms. The lowest BCUT2D eigenvalue weighted by atomic mass is 10.4. The van der Waals surface area contributed by atoms with E-state index in [9.17, 15) is 4.79 Å². The van der Waals surface area contributed by atoms with Gasteiger partial charge in [-0.25, -0.2) is 4.45 Å². The van der Waals surface area contributed by atoms with Crippen molar-refractivity contribution in [1.82, 2.24) is 19.1 Å². The van der Waals surface area contributed by atoms with Crippen LogP contribution in [0.5, 0.6) is 0 Å². The number of rotatable bonds is 1. The number of fused-ring (bicyclic) bond motifs is 1. The molecular weight excluding hydrogens is 464 g/mol. The maximum absolute atomic E-state index is 11.9. The molecule has 0 saturated carbocycles. The van der Waals surface area contributed by atoms with E-state index in [0.717, 1.165) is 0 Å². The zero-order valence-electron chi connectivity index (χ0n) is 7.33. The minimum Gasteiger partial charge on any atom is -0.286 e. The molecular formula is C6H4ClI2N4OP. The van der Waals surface area contributed by atoms with Crippen LogP contribution >= 0.6 is 62.6 Å². The first-order valence-electron chi connectivity index (χ1n) is 3.73. The fourth-order valence-electron chi connectivity index (χ4n) is 1.14. The van der Waals surface area contributed by atoms with Crippen LogP contribution in [0.4, 0.5) is 0 Å². The molecule has 0 radical (unpaired) electrons. The maximum Gasteiger partial charge on any atom is 0.266 e. The Morgan fingerprint density at radius 1 is 1.53 bits per heavy atom. The average molecular weight is 468 g/mol. The largest absolute Gasteiger partial charge is 0.286 e. The van der Waals surface area contributed by atoms with Crippen LogP contribution in [0.3, 0.4) is 0 Å². The van der Waals surface area contributed by atoms with Crippen molar-refractivity contribution in [3.8, 4) is 0 Å². The van der Waals surface area contributed by atoms with Gasteiger partial charge >= 0.3 is 0 Å². The summed E-state index contributed by atoms with van der Waals surface area (Å²) in [7, 11) is 1.59. The zero-order chi connectivity index (χ0) is 11.2. The number of hydrogen-bond acceptors (Lipinski definition) is 3. The molecule has 5 nitrogen and oxygen atoms in total. The van der Waals surface area contributed by atoms with Gasteiger partial charge in [-0.05, 0) is 56.2 Å². The summed E-state index contributed by atoms with van der Waals surface area (Å²) in [4.78, 5) is 16.0. The van der Waals surface area contributed by atoms with Gasteiger partial charge in [-0.15, -0.1) is 0 Å². The van der Waals surface area contributed by atoms with E-state index in [1.807, 2.05) is 22.6 Å². The summed E-state index contributed by atoms with van der Waals surface area (Å²) < 4.78 is 3.66. The number of hydrogen-bond donors (Lipinski definition) is 0. The third-order valence-corrected chi connectivity index (χ3v) is 4.83. The van der Waals surface area contributed by atoms with Crippen molar-refractivity contribution in [1.29, 1.82) is 0 Å². The molecule has 0 aliphatic rings. The van der Waals surface area contributed by atoms with E-state index < -0.39 is 0 Å². The molecule has 2 heterocycles. The molecule has 80 valence electrons. The van der Waals surface area contributed by atoms with Gasteiger partial charge in [0.2, 0.25) is 5.28 Å². The van der Waals surface area contributed by atoms with Crippen molar-refractivity contribution in [3.05, 3.63) is 19.3 Å². The van der Waals surface area contributed by atoms with E-state index in [1.54, 1.807) is 11.5 Å². The lowest BCUT2D eigenvalue weighted by molar-refractivity contribution is 0.841. The summed E-state index contributed by atoms with van der Waals surface area (Å²) in [5, 5.41) is 4.94. The third kappa shape index (κ3) is 1.91. The molecule has 0 bridgehead atoms. The van der Waals surface area contributed by atoms with Gasteiger partial charge in [0.1, 0.15) is 9.09 Å². The molecule has 0 aliphatic heterocycles. The summed E-state index contributed by atoms with van der Waals surface area (Å²) in [6, 6.07) is 0. The predicted octanol–water partition coefficient (Wildman–Crippen LogP) is 2.18. The van der Waals surface area contributed by atoms with Crippen molar-refractivity contribution in [2.24, 2.45) is 7.05 Å². The summed E-state index contributed by atoms with van der Waals surface area (Å²) in [6.45, 7) is 0. The molecule has 0 saturated heterocycles. The van der Waals surface area contributed by atoms with Crippen LogP contribution in [-0.4, -0.2) is 19.1 Å². The van der Waals surface area contributed by atoms with E-state index >= 15 is 0 Å². The van der Waals surface area contributed by atoms with Crippen molar-refractivity contribution in [3.63, 3.8) is 0 Å². The summed E-state index contributed by atoms with van der Waals surface area (Å²) in [6.07, 6.45) is 0.396. The molecule has 0 N–H and O–H groups in total. The molecule has 2 aromatic rings. The summed E-state index contributed by atoms with van der Waals surface area (Å²) in [5.74, 6) is 0. The quantitative estimate of drug-likeness (QED) is 0.367. The topological polar surface area (TPSA) is 52.7 Å². The standard InChI is InChI=1S/C6H4ClI2N4OP/c1-12-5(14)2-3(8)11-13(15-9)4(2)10-6(12)7/h15H,1H3. The minimum absolute atomic E-state index is 0.157. The van der Waals surface area contributed by atoms with Gasteiger partial charge in [0.15, 0.2) is 5.65 Å². The summed E-state index contributed by atoms with van der Waals surface area (Å²) in [5.41, 5.74) is 0.399. The van der Waals surface area contributed by atoms with Crippen LogP contribution in [0.2, 0.25) is 5.28 Å². The van der Waals surface area contributed by atoms with Crippen molar-refractivity contribution in [2.45, 2.75) is 0 Å². The van der Waals surface area contributed by atoms with E-state index in [2.05, 4.69) is 32.1 Å². The Labute approximate surface area is 118 Å². The Balaban J connectivity index is 3.01. The Bertz CT molecular complexity index is 595. The van der Waals surface area contributed by atoms with E-state index in [-0.39, 0.29) is 10.8 Å². The Morgan fingerprint density at radius 3 is 2.80 bits per heavy atom. The summed E-state index contributed by atoms with van der Waals surface area (Å²) >= 11 is 10.0. The van der Waals surface area contributed by atoms with Crippen molar-refractivity contribution < 1.29 is 0 Å². The van der Waals surface area contributed by atoms with Gasteiger partial charge in [0.05, 0.1) is 6.37 Å². The Hall–Kier alpha value is 0.530. The lowest BCUT2D eigenvalue weighted by Gasteiger charge is -2.00. The van der Waals surface area contributed by atoms with E-state index in [4.69, 9.17) is 11.6 Å². The Morgan fingerprint density at radius 2 is 2.20 bits per heavy atom. The molecule has 9 heteroatoms. The highest BCUT2D eigenvalue weighted by molar-refractivity contribution is 14.2. The van der Waals surface area contributed by atoms with E-state index in [1.165, 1.54) is 4.57 Å². The fraction of sp³-hybridized carbons (Fsp3) is 0.167. The zero-order valence-corrected chi connectivity index (χ0v) is 13.4. The average Bonchev–Trinajstić information content (AvgIpc) is 2.51. The normalized spacial score (nSPS) is 12.0. The first kappa shape index (κ1) is 12.0. The first-order valence-corrected chi connectivity index (χ1v) is 9.25. The van der Waals surface area contributed by atoms with Crippen LogP contribution in [0.25, 0.3) is 11.0 Å². The van der Waals surface area contributed by atoms with Crippen LogP contribution in [0, 0.1) is 3.70 Å². The molecule has 1 atom stereocenters. The maximum atomic E-state index is 11.9. The van der Waals surface area contributed by atoms with Gasteiger partial charge in [-0.1, -0.05) is 0 Å². The smallest absolute Gasteiger partial charge is 0.266 e. The van der Waals surface area contributed by atoms with Crippen molar-refractivity contribution >= 4 is 73.6 Å². The molecule has 0 aliphatic carbocycles. The van der Waals surface area contributed by atoms with Crippen LogP contribution in [-0.2, 0) is 7.05 Å². The minimum atomic E-state index is -0.157. The highest BCUT2D eigenvalue weighted by Crippen LogP contribution is 2.28. The molecule has 0 fully saturated rings. The molecule has 2 rings (SSSR count). The third-order valence-electron chi connectivity index (χ3n) is 1.89. The van der Waals surface area contributed by atoms with Crippen molar-refractivity contribution in [2.75, 3.05) is 0 Å². The van der Waals surface area contributed by atoms with Crippen LogP contribution < -0.4 is 5.56 Å². The monoisotopic (exact) mass is 468 g/mol. The highest BCUT2D eigenvalue weighted by Gasteiger charge is 2.15. The predicted molar refractivity (Wildman–Crippen MR) is 78.2 cm³/mol. The Kier molecular flexibility index (Phi) is 3.54. The highest BCUT2D eigenvalue weighted by atomic mass is 127. The van der Waals surface area contributed by atoms with Gasteiger partial charge in [-0.3, -0.25) is 9.36 Å². The SMILES string of the molecule is Cn1c(Cl)nc2c(c(I)nn2PI)c1=O. The second-order valence-electron chi connectivity index (χ2n) is 2.73.